The number of carbonyl (C=O) groups is 2. The maximum absolute atomic E-state index is 12.6. The zero-order chi connectivity index (χ0) is 32.5. The molecule has 46 heavy (non-hydrogen) atoms. The number of hydrogen-bond acceptors (Lipinski definition) is 6. The number of carbonyl (C=O) groups excluding carboxylic acids is 2. The van der Waals surface area contributed by atoms with E-state index in [0.717, 1.165) is 55.6 Å². The highest BCUT2D eigenvalue weighted by atomic mass is 16.5. The summed E-state index contributed by atoms with van der Waals surface area (Å²) >= 11 is 0. The number of hydrogen-bond donors (Lipinski definition) is 4. The van der Waals surface area contributed by atoms with Crippen LogP contribution in [-0.2, 0) is 0 Å². The minimum absolute atomic E-state index is 0.329. The first-order chi connectivity index (χ1) is 22.5. The van der Waals surface area contributed by atoms with Crippen LogP contribution in [0, 0.1) is 0 Å². The van der Waals surface area contributed by atoms with Gasteiger partial charge in [-0.15, -0.1) is 0 Å². The van der Waals surface area contributed by atoms with Crippen molar-refractivity contribution in [2.45, 2.75) is 13.8 Å². The predicted octanol–water partition coefficient (Wildman–Crippen LogP) is 6.89. The van der Waals surface area contributed by atoms with Crippen LogP contribution in [0.15, 0.2) is 108 Å². The van der Waals surface area contributed by atoms with Crippen molar-refractivity contribution in [1.82, 2.24) is 20.8 Å². The van der Waals surface area contributed by atoms with Gasteiger partial charge >= 0.3 is 0 Å². The number of ether oxygens (including phenoxy) is 2. The molecule has 0 unspecified atom stereocenters. The molecule has 0 saturated heterocycles. The molecule has 0 saturated carbocycles. The number of nitrogens with zero attached hydrogens (tertiary/aromatic N) is 2. The summed E-state index contributed by atoms with van der Waals surface area (Å²) in [4.78, 5) is 31.6. The Labute approximate surface area is 266 Å². The zero-order valence-electron chi connectivity index (χ0n) is 25.9. The molecule has 6 aromatic rings. The Bertz CT molecular complexity index is 1870. The topological polar surface area (TPSA) is 133 Å². The lowest BCUT2D eigenvalue weighted by molar-refractivity contribution is 0.0947. The van der Waals surface area contributed by atoms with Gasteiger partial charge in [-0.2, -0.15) is 10.2 Å². The SMILES string of the molecule is CC.COc1ccc2[nH]cc(/C=N/NC(=O)c3ccc(-c4ccc(C(=O)N/N=C/c5c[nH]c6ccc(OC)cc56)cc4)cc3)c2c1. The average Bonchev–Trinajstić information content (AvgIpc) is 3.72. The van der Waals surface area contributed by atoms with Crippen molar-refractivity contribution < 1.29 is 19.1 Å². The lowest BCUT2D eigenvalue weighted by atomic mass is 10.0. The number of H-pyrrole nitrogens is 2. The molecule has 10 nitrogen and oxygen atoms in total. The monoisotopic (exact) mass is 614 g/mol. The third kappa shape index (κ3) is 6.97. The normalized spacial score (nSPS) is 11.0. The van der Waals surface area contributed by atoms with E-state index >= 15 is 0 Å². The third-order valence-corrected chi connectivity index (χ3v) is 7.21. The molecular formula is C36H34N6O4. The molecule has 2 amide bonds. The second-order valence-electron chi connectivity index (χ2n) is 9.86. The predicted molar refractivity (Wildman–Crippen MR) is 183 cm³/mol. The van der Waals surface area contributed by atoms with E-state index < -0.39 is 0 Å². The Kier molecular flexibility index (Phi) is 9.89. The lowest BCUT2D eigenvalue weighted by Gasteiger charge is -2.05. The molecule has 0 aliphatic heterocycles. The van der Waals surface area contributed by atoms with E-state index in [0.29, 0.717) is 11.1 Å². The van der Waals surface area contributed by atoms with Gasteiger partial charge in [0, 0.05) is 56.5 Å². The van der Waals surface area contributed by atoms with Crippen molar-refractivity contribution >= 4 is 46.0 Å². The van der Waals surface area contributed by atoms with Gasteiger partial charge in [-0.25, -0.2) is 10.9 Å². The minimum Gasteiger partial charge on any atom is -0.497 e. The Balaban J connectivity index is 0.00000204. The molecule has 6 rings (SSSR count). The van der Waals surface area contributed by atoms with Crippen LogP contribution in [0.1, 0.15) is 45.7 Å². The molecule has 0 atom stereocenters. The highest BCUT2D eigenvalue weighted by molar-refractivity contribution is 6.02. The number of benzene rings is 4. The van der Waals surface area contributed by atoms with Gasteiger partial charge < -0.3 is 19.4 Å². The van der Waals surface area contributed by atoms with Crippen LogP contribution in [0.2, 0.25) is 0 Å². The van der Waals surface area contributed by atoms with Crippen molar-refractivity contribution in [2.24, 2.45) is 10.2 Å². The van der Waals surface area contributed by atoms with Gasteiger partial charge in [0.25, 0.3) is 11.8 Å². The Hall–Kier alpha value is -6.16. The number of amides is 2. The van der Waals surface area contributed by atoms with Crippen LogP contribution in [0.25, 0.3) is 32.9 Å². The summed E-state index contributed by atoms with van der Waals surface area (Å²) in [6.45, 7) is 4.00. The van der Waals surface area contributed by atoms with Gasteiger partial charge in [-0.3, -0.25) is 9.59 Å². The van der Waals surface area contributed by atoms with Crippen molar-refractivity contribution in [3.63, 3.8) is 0 Å². The van der Waals surface area contributed by atoms with E-state index in [4.69, 9.17) is 9.47 Å². The van der Waals surface area contributed by atoms with E-state index in [-0.39, 0.29) is 11.8 Å². The Morgan fingerprint density at radius 3 is 1.37 bits per heavy atom. The molecule has 0 radical (unpaired) electrons. The van der Waals surface area contributed by atoms with Gasteiger partial charge in [-0.05, 0) is 71.8 Å². The lowest BCUT2D eigenvalue weighted by Crippen LogP contribution is -2.17. The van der Waals surface area contributed by atoms with Crippen molar-refractivity contribution in [3.8, 4) is 22.6 Å². The zero-order valence-corrected chi connectivity index (χ0v) is 25.9. The second-order valence-corrected chi connectivity index (χ2v) is 9.86. The maximum atomic E-state index is 12.6. The molecule has 2 heterocycles. The number of aromatic nitrogens is 2. The van der Waals surface area contributed by atoms with Crippen LogP contribution in [0.5, 0.6) is 11.5 Å². The molecule has 2 aromatic heterocycles. The highest BCUT2D eigenvalue weighted by Crippen LogP contribution is 2.24. The quantitative estimate of drug-likeness (QED) is 0.104. The molecule has 4 N–H and O–H groups in total. The molecule has 0 spiro atoms. The largest absolute Gasteiger partial charge is 0.497 e. The van der Waals surface area contributed by atoms with E-state index in [1.807, 2.05) is 86.9 Å². The number of methoxy groups -OCH3 is 2. The minimum atomic E-state index is -0.329. The fraction of sp³-hybridized carbons (Fsp3) is 0.111. The summed E-state index contributed by atoms with van der Waals surface area (Å²) in [5, 5.41) is 10.1. The Morgan fingerprint density at radius 2 is 1.00 bits per heavy atom. The van der Waals surface area contributed by atoms with Crippen molar-refractivity contribution in [3.05, 3.63) is 120 Å². The number of hydrazone groups is 2. The summed E-state index contributed by atoms with van der Waals surface area (Å²) in [6.07, 6.45) is 6.82. The first kappa shape index (κ1) is 31.3. The van der Waals surface area contributed by atoms with Gasteiger partial charge in [0.2, 0.25) is 0 Å². The molecule has 4 aromatic carbocycles. The summed E-state index contributed by atoms with van der Waals surface area (Å²) in [6, 6.07) is 25.7. The van der Waals surface area contributed by atoms with Crippen LogP contribution in [0.4, 0.5) is 0 Å². The maximum Gasteiger partial charge on any atom is 0.271 e. The summed E-state index contributed by atoms with van der Waals surface area (Å²) < 4.78 is 10.6. The fourth-order valence-electron chi connectivity index (χ4n) is 4.79. The van der Waals surface area contributed by atoms with Gasteiger partial charge in [0.05, 0.1) is 26.6 Å². The molecule has 232 valence electrons. The molecule has 0 fully saturated rings. The smallest absolute Gasteiger partial charge is 0.271 e. The average molecular weight is 615 g/mol. The summed E-state index contributed by atoms with van der Waals surface area (Å²) in [5.74, 6) is 0.818. The number of aromatic amines is 2. The first-order valence-electron chi connectivity index (χ1n) is 14.7. The van der Waals surface area contributed by atoms with Gasteiger partial charge in [0.15, 0.2) is 0 Å². The van der Waals surface area contributed by atoms with Crippen LogP contribution in [-0.4, -0.2) is 48.4 Å². The van der Waals surface area contributed by atoms with Crippen LogP contribution < -0.4 is 20.3 Å². The van der Waals surface area contributed by atoms with Gasteiger partial charge in [-0.1, -0.05) is 38.1 Å². The third-order valence-electron chi connectivity index (χ3n) is 7.21. The molecule has 0 aliphatic rings. The van der Waals surface area contributed by atoms with Gasteiger partial charge in [0.1, 0.15) is 11.5 Å². The summed E-state index contributed by atoms with van der Waals surface area (Å²) in [5.41, 5.74) is 11.4. The molecular weight excluding hydrogens is 580 g/mol. The second kappa shape index (κ2) is 14.5. The highest BCUT2D eigenvalue weighted by Gasteiger charge is 2.09. The van der Waals surface area contributed by atoms with Crippen molar-refractivity contribution in [1.29, 1.82) is 0 Å². The first-order valence-corrected chi connectivity index (χ1v) is 14.7. The number of rotatable bonds is 9. The van der Waals surface area contributed by atoms with Crippen molar-refractivity contribution in [2.75, 3.05) is 14.2 Å². The van der Waals surface area contributed by atoms with E-state index in [2.05, 4.69) is 31.0 Å². The Morgan fingerprint density at radius 1 is 0.609 bits per heavy atom. The van der Waals surface area contributed by atoms with E-state index in [1.54, 1.807) is 50.9 Å². The molecule has 10 heteroatoms. The number of fused-ring (bicyclic) bond motifs is 2. The fourth-order valence-corrected chi connectivity index (χ4v) is 4.79. The molecule has 0 bridgehead atoms. The van der Waals surface area contributed by atoms with Crippen LogP contribution >= 0.6 is 0 Å². The van der Waals surface area contributed by atoms with E-state index in [9.17, 15) is 9.59 Å². The summed E-state index contributed by atoms with van der Waals surface area (Å²) in [7, 11) is 3.23. The van der Waals surface area contributed by atoms with E-state index in [1.165, 1.54) is 0 Å². The standard InChI is InChI=1S/C34H28N6O4.C2H6/c1-43-27-11-13-31-29(15-27)25(17-35-31)19-37-39-33(41)23-7-3-21(4-8-23)22-5-9-24(10-6-22)34(42)40-38-20-26-18-36-32-14-12-28(44-2)16-30(26)32;1-2/h3-20,35-36H,1-2H3,(H,39,41)(H,40,42);1-2H3/b37-19+,38-20+;. The van der Waals surface area contributed by atoms with Crippen LogP contribution in [0.3, 0.4) is 0 Å². The number of nitrogens with one attached hydrogen (secondary N) is 4. The molecule has 0 aliphatic carbocycles.